The molecule has 21 heavy (non-hydrogen) atoms. The molecule has 0 bridgehead atoms. The van der Waals surface area contributed by atoms with Gasteiger partial charge >= 0.3 is 0 Å². The summed E-state index contributed by atoms with van der Waals surface area (Å²) in [5, 5.41) is 6.82. The second-order valence-electron chi connectivity index (χ2n) is 5.92. The normalized spacial score (nSPS) is 13.1. The van der Waals surface area contributed by atoms with Gasteiger partial charge in [0.2, 0.25) is 0 Å². The monoisotopic (exact) mass is 290 g/mol. The Hall–Kier alpha value is -1.82. The van der Waals surface area contributed by atoms with Crippen LogP contribution in [0.15, 0.2) is 18.6 Å². The van der Waals surface area contributed by atoms with Crippen molar-refractivity contribution in [3.8, 4) is 0 Å². The quantitative estimate of drug-likeness (QED) is 0.818. The highest BCUT2D eigenvalue weighted by Gasteiger charge is 2.17. The molecule has 0 spiro atoms. The lowest BCUT2D eigenvalue weighted by molar-refractivity contribution is 0.344. The molecule has 0 aromatic carbocycles. The van der Waals surface area contributed by atoms with Gasteiger partial charge in [0, 0.05) is 31.5 Å². The average molecular weight is 290 g/mol. The minimum Gasteiger partial charge on any atom is -0.369 e. The van der Waals surface area contributed by atoms with Crippen LogP contribution in [-0.4, -0.2) is 52.5 Å². The molecule has 116 valence electrons. The van der Waals surface area contributed by atoms with E-state index in [2.05, 4.69) is 60.4 Å². The number of nitrogens with one attached hydrogen (secondary N) is 2. The van der Waals surface area contributed by atoms with Gasteiger partial charge in [-0.1, -0.05) is 13.8 Å². The number of imidazole rings is 1. The SMILES string of the molecule is CCNc1cn2ccnc2c(NC(CN(C)C)C(C)C)n1. The molecule has 2 rings (SSSR count). The van der Waals surface area contributed by atoms with Crippen molar-refractivity contribution in [2.24, 2.45) is 5.92 Å². The first-order valence-electron chi connectivity index (χ1n) is 7.50. The average Bonchev–Trinajstić information content (AvgIpc) is 2.86. The molecule has 0 saturated heterocycles. The van der Waals surface area contributed by atoms with E-state index in [1.807, 2.05) is 16.8 Å². The zero-order valence-electron chi connectivity index (χ0n) is 13.6. The first kappa shape index (κ1) is 15.6. The predicted octanol–water partition coefficient (Wildman–Crippen LogP) is 2.16. The molecule has 2 aromatic heterocycles. The standard InChI is InChI=1S/C15H26N6/c1-6-16-13-10-21-8-7-17-15(21)14(19-13)18-12(11(2)3)9-20(4)5/h7-8,10-12,16H,6,9H2,1-5H3,(H,18,19). The van der Waals surface area contributed by atoms with Crippen molar-refractivity contribution in [3.63, 3.8) is 0 Å². The van der Waals surface area contributed by atoms with Crippen LogP contribution >= 0.6 is 0 Å². The van der Waals surface area contributed by atoms with E-state index in [1.165, 1.54) is 0 Å². The number of hydrogen-bond acceptors (Lipinski definition) is 5. The van der Waals surface area contributed by atoms with Gasteiger partial charge < -0.3 is 19.9 Å². The molecular formula is C15H26N6. The van der Waals surface area contributed by atoms with Gasteiger partial charge in [0.1, 0.15) is 5.82 Å². The molecule has 0 saturated carbocycles. The van der Waals surface area contributed by atoms with Gasteiger partial charge in [-0.25, -0.2) is 9.97 Å². The van der Waals surface area contributed by atoms with Crippen LogP contribution in [0.2, 0.25) is 0 Å². The van der Waals surface area contributed by atoms with Crippen molar-refractivity contribution in [2.45, 2.75) is 26.8 Å². The number of hydrogen-bond donors (Lipinski definition) is 2. The van der Waals surface area contributed by atoms with E-state index in [0.29, 0.717) is 12.0 Å². The van der Waals surface area contributed by atoms with E-state index < -0.39 is 0 Å². The van der Waals surface area contributed by atoms with E-state index in [-0.39, 0.29) is 0 Å². The lowest BCUT2D eigenvalue weighted by Gasteiger charge is -2.26. The Morgan fingerprint density at radius 3 is 2.71 bits per heavy atom. The van der Waals surface area contributed by atoms with Gasteiger partial charge in [0.05, 0.1) is 6.20 Å². The molecule has 1 unspecified atom stereocenters. The summed E-state index contributed by atoms with van der Waals surface area (Å²) in [6, 6.07) is 0.324. The molecule has 0 aliphatic heterocycles. The molecule has 0 radical (unpaired) electrons. The largest absolute Gasteiger partial charge is 0.369 e. The van der Waals surface area contributed by atoms with Crippen LogP contribution < -0.4 is 10.6 Å². The molecule has 0 fully saturated rings. The number of fused-ring (bicyclic) bond motifs is 1. The molecule has 0 aliphatic carbocycles. The van der Waals surface area contributed by atoms with Gasteiger partial charge in [0.15, 0.2) is 11.5 Å². The molecular weight excluding hydrogens is 264 g/mol. The Morgan fingerprint density at radius 2 is 2.10 bits per heavy atom. The van der Waals surface area contributed by atoms with E-state index in [9.17, 15) is 0 Å². The topological polar surface area (TPSA) is 57.5 Å². The zero-order valence-corrected chi connectivity index (χ0v) is 13.6. The second-order valence-corrected chi connectivity index (χ2v) is 5.92. The molecule has 6 heteroatoms. The lowest BCUT2D eigenvalue weighted by atomic mass is 10.0. The van der Waals surface area contributed by atoms with Gasteiger partial charge in [-0.3, -0.25) is 0 Å². The van der Waals surface area contributed by atoms with E-state index in [1.54, 1.807) is 6.20 Å². The minimum absolute atomic E-state index is 0.324. The van der Waals surface area contributed by atoms with Crippen molar-refractivity contribution >= 4 is 17.3 Å². The number of nitrogens with zero attached hydrogens (tertiary/aromatic N) is 4. The van der Waals surface area contributed by atoms with Gasteiger partial charge in [-0.05, 0) is 26.9 Å². The molecule has 0 amide bonds. The molecule has 1 atom stereocenters. The Bertz CT molecular complexity index is 575. The highest BCUT2D eigenvalue weighted by Crippen LogP contribution is 2.19. The summed E-state index contributed by atoms with van der Waals surface area (Å²) in [7, 11) is 4.18. The van der Waals surface area contributed by atoms with Crippen molar-refractivity contribution in [2.75, 3.05) is 37.8 Å². The number of anilines is 2. The van der Waals surface area contributed by atoms with Gasteiger partial charge in [0.25, 0.3) is 0 Å². The van der Waals surface area contributed by atoms with E-state index in [4.69, 9.17) is 0 Å². The fraction of sp³-hybridized carbons (Fsp3) is 0.600. The third-order valence-electron chi connectivity index (χ3n) is 3.42. The molecule has 0 aliphatic rings. The van der Waals surface area contributed by atoms with Crippen LogP contribution in [0, 0.1) is 5.92 Å². The van der Waals surface area contributed by atoms with Crippen molar-refractivity contribution < 1.29 is 0 Å². The Kier molecular flexibility index (Phi) is 5.01. The Labute approximate surface area is 126 Å². The van der Waals surface area contributed by atoms with E-state index in [0.717, 1.165) is 30.4 Å². The summed E-state index contributed by atoms with van der Waals surface area (Å²) in [6.07, 6.45) is 5.71. The third-order valence-corrected chi connectivity index (χ3v) is 3.42. The van der Waals surface area contributed by atoms with Crippen LogP contribution in [0.25, 0.3) is 5.65 Å². The minimum atomic E-state index is 0.324. The summed E-state index contributed by atoms with van der Waals surface area (Å²) in [5.41, 5.74) is 0.862. The lowest BCUT2D eigenvalue weighted by Crippen LogP contribution is -2.36. The maximum absolute atomic E-state index is 4.67. The van der Waals surface area contributed by atoms with Crippen molar-refractivity contribution in [1.29, 1.82) is 0 Å². The first-order valence-corrected chi connectivity index (χ1v) is 7.50. The van der Waals surface area contributed by atoms with Gasteiger partial charge in [-0.2, -0.15) is 0 Å². The van der Waals surface area contributed by atoms with Crippen LogP contribution in [0.4, 0.5) is 11.6 Å². The summed E-state index contributed by atoms with van der Waals surface area (Å²) in [5.74, 6) is 2.20. The summed E-state index contributed by atoms with van der Waals surface area (Å²) in [4.78, 5) is 11.3. The van der Waals surface area contributed by atoms with Crippen molar-refractivity contribution in [3.05, 3.63) is 18.6 Å². The smallest absolute Gasteiger partial charge is 0.180 e. The fourth-order valence-corrected chi connectivity index (χ4v) is 2.29. The molecule has 2 N–H and O–H groups in total. The van der Waals surface area contributed by atoms with Gasteiger partial charge in [-0.15, -0.1) is 0 Å². The van der Waals surface area contributed by atoms with Crippen LogP contribution in [0.1, 0.15) is 20.8 Å². The first-order chi connectivity index (χ1) is 10.0. The van der Waals surface area contributed by atoms with Crippen LogP contribution in [-0.2, 0) is 0 Å². The molecule has 6 nitrogen and oxygen atoms in total. The van der Waals surface area contributed by atoms with E-state index >= 15 is 0 Å². The summed E-state index contributed by atoms with van der Waals surface area (Å²) >= 11 is 0. The Balaban J connectivity index is 2.32. The predicted molar refractivity (Wildman–Crippen MR) is 88.0 cm³/mol. The molecule has 2 aromatic rings. The summed E-state index contributed by atoms with van der Waals surface area (Å²) in [6.45, 7) is 8.31. The molecule has 2 heterocycles. The maximum atomic E-state index is 4.67. The second kappa shape index (κ2) is 6.76. The summed E-state index contributed by atoms with van der Waals surface area (Å²) < 4.78 is 2.00. The van der Waals surface area contributed by atoms with Crippen LogP contribution in [0.3, 0.4) is 0 Å². The highest BCUT2D eigenvalue weighted by molar-refractivity contribution is 5.65. The number of rotatable bonds is 7. The number of likely N-dealkylation sites (N-methyl/N-ethyl adjacent to an activating group) is 1. The Morgan fingerprint density at radius 1 is 1.33 bits per heavy atom. The van der Waals surface area contributed by atoms with Crippen molar-refractivity contribution in [1.82, 2.24) is 19.3 Å². The highest BCUT2D eigenvalue weighted by atomic mass is 15.2. The maximum Gasteiger partial charge on any atom is 0.180 e. The van der Waals surface area contributed by atoms with Crippen LogP contribution in [0.5, 0.6) is 0 Å². The fourth-order valence-electron chi connectivity index (χ4n) is 2.29. The number of aromatic nitrogens is 3. The third kappa shape index (κ3) is 3.85. The zero-order chi connectivity index (χ0) is 15.4.